The van der Waals surface area contributed by atoms with Gasteiger partial charge in [-0.1, -0.05) is 23.7 Å². The van der Waals surface area contributed by atoms with Gasteiger partial charge in [0.05, 0.1) is 12.3 Å². The number of nitrogens with two attached hydrogens (primary N) is 1. The molecule has 0 amide bonds. The van der Waals surface area contributed by atoms with Gasteiger partial charge in [-0.3, -0.25) is 0 Å². The van der Waals surface area contributed by atoms with Crippen LogP contribution in [0.15, 0.2) is 36.4 Å². The Bertz CT molecular complexity index is 613. The molecule has 1 aliphatic rings. The van der Waals surface area contributed by atoms with Crippen molar-refractivity contribution in [3.8, 4) is 11.5 Å². The third kappa shape index (κ3) is 2.47. The van der Waals surface area contributed by atoms with Crippen LogP contribution in [-0.2, 0) is 13.0 Å². The lowest BCUT2D eigenvalue weighted by molar-refractivity contribution is 0.293. The highest BCUT2D eigenvalue weighted by atomic mass is 35.5. The summed E-state index contributed by atoms with van der Waals surface area (Å²) in [5.74, 6) is 1.58. The fourth-order valence-corrected chi connectivity index (χ4v) is 2.48. The molecule has 1 heterocycles. The summed E-state index contributed by atoms with van der Waals surface area (Å²) in [5.41, 5.74) is 8.58. The van der Waals surface area contributed by atoms with Crippen LogP contribution in [0, 0.1) is 0 Å². The monoisotopic (exact) mass is 275 g/mol. The summed E-state index contributed by atoms with van der Waals surface area (Å²) in [7, 11) is 0. The molecule has 0 aromatic heterocycles. The van der Waals surface area contributed by atoms with E-state index < -0.39 is 0 Å². The van der Waals surface area contributed by atoms with Crippen molar-refractivity contribution in [1.29, 1.82) is 0 Å². The van der Waals surface area contributed by atoms with E-state index in [-0.39, 0.29) is 0 Å². The summed E-state index contributed by atoms with van der Waals surface area (Å²) in [6.45, 7) is 1.10. The lowest BCUT2D eigenvalue weighted by Crippen LogP contribution is -2.00. The lowest BCUT2D eigenvalue weighted by Gasteiger charge is -2.12. The van der Waals surface area contributed by atoms with Crippen LogP contribution < -0.4 is 15.2 Å². The normalized spacial score (nSPS) is 12.9. The van der Waals surface area contributed by atoms with Crippen molar-refractivity contribution in [3.05, 3.63) is 52.5 Å². The molecule has 0 spiro atoms. The molecule has 98 valence electrons. The highest BCUT2D eigenvalue weighted by Crippen LogP contribution is 2.34. The zero-order valence-electron chi connectivity index (χ0n) is 10.4. The van der Waals surface area contributed by atoms with Gasteiger partial charge in [0, 0.05) is 17.0 Å². The molecule has 0 fully saturated rings. The molecule has 1 aliphatic heterocycles. The van der Waals surface area contributed by atoms with Gasteiger partial charge in [-0.25, -0.2) is 0 Å². The zero-order valence-corrected chi connectivity index (χ0v) is 11.1. The number of benzene rings is 2. The number of rotatable bonds is 3. The van der Waals surface area contributed by atoms with Crippen LogP contribution in [0.4, 0.5) is 5.69 Å². The van der Waals surface area contributed by atoms with E-state index in [4.69, 9.17) is 26.8 Å². The first-order valence-corrected chi connectivity index (χ1v) is 6.53. The number of anilines is 1. The van der Waals surface area contributed by atoms with Gasteiger partial charge >= 0.3 is 0 Å². The van der Waals surface area contributed by atoms with Crippen molar-refractivity contribution in [2.24, 2.45) is 0 Å². The zero-order chi connectivity index (χ0) is 13.2. The fourth-order valence-electron chi connectivity index (χ4n) is 2.22. The van der Waals surface area contributed by atoms with Gasteiger partial charge in [0.1, 0.15) is 18.1 Å². The van der Waals surface area contributed by atoms with Crippen LogP contribution in [-0.4, -0.2) is 6.61 Å². The van der Waals surface area contributed by atoms with E-state index in [1.54, 1.807) is 0 Å². The highest BCUT2D eigenvalue weighted by molar-refractivity contribution is 6.30. The van der Waals surface area contributed by atoms with Gasteiger partial charge in [-0.2, -0.15) is 0 Å². The first kappa shape index (κ1) is 12.2. The van der Waals surface area contributed by atoms with Crippen LogP contribution in [0.3, 0.4) is 0 Å². The molecule has 19 heavy (non-hydrogen) atoms. The average Bonchev–Trinajstić information content (AvgIpc) is 2.85. The van der Waals surface area contributed by atoms with Gasteiger partial charge in [0.2, 0.25) is 0 Å². The molecular formula is C15H14ClNO2. The predicted octanol–water partition coefficient (Wildman–Crippen LogP) is 3.44. The standard InChI is InChI=1S/C15H14ClNO2/c16-12-7-10-5-6-18-15(10)11(8-12)9-19-14-4-2-1-3-13(14)17/h1-4,7-8H,5-6,9,17H2. The molecule has 4 heteroatoms. The Labute approximate surface area is 116 Å². The van der Waals surface area contributed by atoms with Crippen molar-refractivity contribution < 1.29 is 9.47 Å². The van der Waals surface area contributed by atoms with Gasteiger partial charge in [0.15, 0.2) is 0 Å². The molecule has 0 radical (unpaired) electrons. The van der Waals surface area contributed by atoms with E-state index in [1.165, 1.54) is 0 Å². The van der Waals surface area contributed by atoms with Gasteiger partial charge < -0.3 is 15.2 Å². The third-order valence-electron chi connectivity index (χ3n) is 3.13. The summed E-state index contributed by atoms with van der Waals surface area (Å²) < 4.78 is 11.4. The number of fused-ring (bicyclic) bond motifs is 1. The Hall–Kier alpha value is -1.87. The van der Waals surface area contributed by atoms with E-state index >= 15 is 0 Å². The maximum Gasteiger partial charge on any atom is 0.142 e. The molecule has 0 atom stereocenters. The van der Waals surface area contributed by atoms with E-state index in [0.29, 0.717) is 29.7 Å². The molecule has 2 aromatic rings. The number of hydrogen-bond acceptors (Lipinski definition) is 3. The molecule has 0 saturated carbocycles. The Kier molecular flexibility index (Phi) is 3.22. The Balaban J connectivity index is 1.83. The molecular weight excluding hydrogens is 262 g/mol. The minimum atomic E-state index is 0.400. The van der Waals surface area contributed by atoms with Crippen LogP contribution >= 0.6 is 11.6 Å². The molecule has 0 bridgehead atoms. The first-order valence-electron chi connectivity index (χ1n) is 6.15. The summed E-state index contributed by atoms with van der Waals surface area (Å²) >= 11 is 6.11. The van der Waals surface area contributed by atoms with E-state index in [2.05, 4.69) is 0 Å². The number of ether oxygens (including phenoxy) is 2. The van der Waals surface area contributed by atoms with Crippen LogP contribution in [0.25, 0.3) is 0 Å². The van der Waals surface area contributed by atoms with Crippen molar-refractivity contribution in [3.63, 3.8) is 0 Å². The Morgan fingerprint density at radius 2 is 2.11 bits per heavy atom. The summed E-state index contributed by atoms with van der Waals surface area (Å²) in [4.78, 5) is 0. The largest absolute Gasteiger partial charge is 0.493 e. The van der Waals surface area contributed by atoms with E-state index in [9.17, 15) is 0 Å². The number of para-hydroxylation sites is 2. The minimum absolute atomic E-state index is 0.400. The highest BCUT2D eigenvalue weighted by Gasteiger charge is 2.18. The van der Waals surface area contributed by atoms with E-state index in [0.717, 1.165) is 23.3 Å². The lowest BCUT2D eigenvalue weighted by atomic mass is 10.1. The number of hydrogen-bond donors (Lipinski definition) is 1. The minimum Gasteiger partial charge on any atom is -0.493 e. The summed E-state index contributed by atoms with van der Waals surface area (Å²) in [5, 5.41) is 0.712. The van der Waals surface area contributed by atoms with Gasteiger partial charge in [0.25, 0.3) is 0 Å². The molecule has 0 unspecified atom stereocenters. The fraction of sp³-hybridized carbons (Fsp3) is 0.200. The molecule has 2 N–H and O–H groups in total. The van der Waals surface area contributed by atoms with E-state index in [1.807, 2.05) is 36.4 Å². The molecule has 3 nitrogen and oxygen atoms in total. The Morgan fingerprint density at radius 1 is 1.26 bits per heavy atom. The maximum atomic E-state index is 6.11. The van der Waals surface area contributed by atoms with Crippen molar-refractivity contribution in [1.82, 2.24) is 0 Å². The van der Waals surface area contributed by atoms with Crippen LogP contribution in [0.2, 0.25) is 5.02 Å². The number of halogens is 1. The average molecular weight is 276 g/mol. The molecule has 2 aromatic carbocycles. The second kappa shape index (κ2) is 5.02. The molecule has 0 aliphatic carbocycles. The first-order chi connectivity index (χ1) is 9.24. The molecule has 3 rings (SSSR count). The Morgan fingerprint density at radius 3 is 2.95 bits per heavy atom. The SMILES string of the molecule is Nc1ccccc1OCc1cc(Cl)cc2c1OCC2. The van der Waals surface area contributed by atoms with Crippen LogP contribution in [0.5, 0.6) is 11.5 Å². The predicted molar refractivity (Wildman–Crippen MR) is 75.8 cm³/mol. The second-order valence-electron chi connectivity index (χ2n) is 4.48. The van der Waals surface area contributed by atoms with Crippen molar-refractivity contribution in [2.45, 2.75) is 13.0 Å². The topological polar surface area (TPSA) is 44.5 Å². The maximum absolute atomic E-state index is 6.11. The summed E-state index contributed by atoms with van der Waals surface area (Å²) in [6.07, 6.45) is 0.899. The number of nitrogen functional groups attached to an aromatic ring is 1. The quantitative estimate of drug-likeness (QED) is 0.873. The van der Waals surface area contributed by atoms with Crippen molar-refractivity contribution >= 4 is 17.3 Å². The van der Waals surface area contributed by atoms with Gasteiger partial charge in [-0.15, -0.1) is 0 Å². The third-order valence-corrected chi connectivity index (χ3v) is 3.35. The van der Waals surface area contributed by atoms with Crippen molar-refractivity contribution in [2.75, 3.05) is 12.3 Å². The second-order valence-corrected chi connectivity index (χ2v) is 4.91. The smallest absolute Gasteiger partial charge is 0.142 e. The van der Waals surface area contributed by atoms with Crippen LogP contribution in [0.1, 0.15) is 11.1 Å². The summed E-state index contributed by atoms with van der Waals surface area (Å²) in [6, 6.07) is 11.3. The molecule has 0 saturated heterocycles. The van der Waals surface area contributed by atoms with Gasteiger partial charge in [-0.05, 0) is 29.8 Å².